The molecule has 0 radical (unpaired) electrons. The fourth-order valence-corrected chi connectivity index (χ4v) is 5.31. The SMILES string of the molecule is CN1CCC(N(Cc2ccco2)C(=S)NC2CC(C)(C)NC(C)(C)C2)CC1. The van der Waals surface area contributed by atoms with Crippen molar-refractivity contribution in [2.45, 2.75) is 83.1 Å². The summed E-state index contributed by atoms with van der Waals surface area (Å²) in [7, 11) is 2.20. The molecule has 0 atom stereocenters. The van der Waals surface area contributed by atoms with E-state index >= 15 is 0 Å². The van der Waals surface area contributed by atoms with E-state index in [2.05, 4.69) is 55.2 Å². The van der Waals surface area contributed by atoms with Gasteiger partial charge in [0.1, 0.15) is 5.76 Å². The number of furan rings is 1. The second kappa shape index (κ2) is 8.10. The molecule has 0 bridgehead atoms. The van der Waals surface area contributed by atoms with E-state index in [4.69, 9.17) is 16.6 Å². The Morgan fingerprint density at radius 2 is 1.89 bits per heavy atom. The molecule has 2 aliphatic rings. The number of nitrogens with zero attached hydrogens (tertiary/aromatic N) is 2. The van der Waals surface area contributed by atoms with Gasteiger partial charge in [0.25, 0.3) is 0 Å². The van der Waals surface area contributed by atoms with Crippen molar-refractivity contribution < 1.29 is 4.42 Å². The second-order valence-electron chi connectivity index (χ2n) is 9.69. The lowest BCUT2D eigenvalue weighted by molar-refractivity contribution is 0.143. The van der Waals surface area contributed by atoms with Crippen LogP contribution >= 0.6 is 12.2 Å². The van der Waals surface area contributed by atoms with E-state index < -0.39 is 0 Å². The zero-order chi connectivity index (χ0) is 19.7. The Balaban J connectivity index is 1.70. The van der Waals surface area contributed by atoms with Crippen LogP contribution in [0.2, 0.25) is 0 Å². The molecule has 0 aliphatic carbocycles. The molecule has 0 saturated carbocycles. The number of piperidine rings is 2. The smallest absolute Gasteiger partial charge is 0.169 e. The van der Waals surface area contributed by atoms with Crippen LogP contribution in [0.25, 0.3) is 0 Å². The molecule has 0 aromatic carbocycles. The summed E-state index contributed by atoms with van der Waals surface area (Å²) in [4.78, 5) is 4.76. The molecule has 5 nitrogen and oxygen atoms in total. The number of rotatable bonds is 4. The minimum Gasteiger partial charge on any atom is -0.467 e. The molecule has 1 aromatic heterocycles. The zero-order valence-corrected chi connectivity index (χ0v) is 18.4. The predicted molar refractivity (Wildman–Crippen MR) is 115 cm³/mol. The van der Waals surface area contributed by atoms with Crippen LogP contribution in [-0.2, 0) is 6.54 Å². The summed E-state index contributed by atoms with van der Waals surface area (Å²) in [6.07, 6.45) is 6.16. The van der Waals surface area contributed by atoms with Gasteiger partial charge in [0.05, 0.1) is 12.8 Å². The number of likely N-dealkylation sites (tertiary alicyclic amines) is 1. The van der Waals surface area contributed by atoms with Gasteiger partial charge in [-0.05, 0) is 97.9 Å². The van der Waals surface area contributed by atoms with Crippen LogP contribution in [0.15, 0.2) is 22.8 Å². The van der Waals surface area contributed by atoms with Crippen LogP contribution in [0.4, 0.5) is 0 Å². The van der Waals surface area contributed by atoms with Gasteiger partial charge in [0, 0.05) is 23.2 Å². The minimum atomic E-state index is 0.106. The molecule has 2 N–H and O–H groups in total. The van der Waals surface area contributed by atoms with Crippen molar-refractivity contribution in [3.63, 3.8) is 0 Å². The van der Waals surface area contributed by atoms with Crippen LogP contribution in [0.1, 0.15) is 59.1 Å². The molecule has 0 spiro atoms. The lowest BCUT2D eigenvalue weighted by Crippen LogP contribution is -2.63. The molecule has 1 aromatic rings. The highest BCUT2D eigenvalue weighted by Gasteiger charge is 2.38. The summed E-state index contributed by atoms with van der Waals surface area (Å²) in [6.45, 7) is 12.1. The van der Waals surface area contributed by atoms with E-state index in [1.54, 1.807) is 6.26 Å². The maximum absolute atomic E-state index is 5.93. The first-order valence-electron chi connectivity index (χ1n) is 10.2. The first kappa shape index (κ1) is 20.6. The van der Waals surface area contributed by atoms with Crippen molar-refractivity contribution in [2.75, 3.05) is 20.1 Å². The maximum atomic E-state index is 5.93. The fraction of sp³-hybridized carbons (Fsp3) is 0.762. The fourth-order valence-electron chi connectivity index (χ4n) is 4.93. The van der Waals surface area contributed by atoms with Gasteiger partial charge < -0.3 is 24.9 Å². The summed E-state index contributed by atoms with van der Waals surface area (Å²) in [5.74, 6) is 0.976. The molecule has 152 valence electrons. The Morgan fingerprint density at radius 3 is 2.44 bits per heavy atom. The van der Waals surface area contributed by atoms with Gasteiger partial charge >= 0.3 is 0 Å². The Hall–Kier alpha value is -1.11. The molecule has 2 aliphatic heterocycles. The van der Waals surface area contributed by atoms with E-state index in [0.29, 0.717) is 12.1 Å². The highest BCUT2D eigenvalue weighted by atomic mass is 32.1. The maximum Gasteiger partial charge on any atom is 0.169 e. The van der Waals surface area contributed by atoms with Crippen molar-refractivity contribution in [3.8, 4) is 0 Å². The van der Waals surface area contributed by atoms with Crippen molar-refractivity contribution >= 4 is 17.3 Å². The molecule has 3 rings (SSSR count). The summed E-state index contributed by atoms with van der Waals surface area (Å²) < 4.78 is 5.63. The summed E-state index contributed by atoms with van der Waals surface area (Å²) >= 11 is 5.93. The quantitative estimate of drug-likeness (QED) is 0.766. The number of hydrogen-bond acceptors (Lipinski definition) is 4. The largest absolute Gasteiger partial charge is 0.467 e. The highest BCUT2D eigenvalue weighted by Crippen LogP contribution is 2.29. The van der Waals surface area contributed by atoms with E-state index in [0.717, 1.165) is 56.2 Å². The van der Waals surface area contributed by atoms with Crippen molar-refractivity contribution in [1.29, 1.82) is 0 Å². The Labute approximate surface area is 169 Å². The number of hydrogen-bond donors (Lipinski definition) is 2. The minimum absolute atomic E-state index is 0.106. The van der Waals surface area contributed by atoms with Crippen LogP contribution in [0.5, 0.6) is 0 Å². The van der Waals surface area contributed by atoms with Gasteiger partial charge in [-0.1, -0.05) is 0 Å². The van der Waals surface area contributed by atoms with Gasteiger partial charge in [-0.15, -0.1) is 0 Å². The van der Waals surface area contributed by atoms with Gasteiger partial charge in [-0.25, -0.2) is 0 Å². The summed E-state index contributed by atoms with van der Waals surface area (Å²) in [5.41, 5.74) is 0.211. The molecule has 27 heavy (non-hydrogen) atoms. The van der Waals surface area contributed by atoms with E-state index in [9.17, 15) is 0 Å². The van der Waals surface area contributed by atoms with Crippen LogP contribution < -0.4 is 10.6 Å². The number of nitrogens with one attached hydrogen (secondary N) is 2. The first-order valence-corrected chi connectivity index (χ1v) is 10.6. The van der Waals surface area contributed by atoms with Crippen LogP contribution in [0, 0.1) is 0 Å². The molecule has 3 heterocycles. The third-order valence-corrected chi connectivity index (χ3v) is 6.17. The van der Waals surface area contributed by atoms with E-state index in [1.165, 1.54) is 0 Å². The van der Waals surface area contributed by atoms with E-state index in [1.807, 2.05) is 12.1 Å². The molecular weight excluding hydrogens is 356 g/mol. The average Bonchev–Trinajstić information content (AvgIpc) is 3.03. The molecule has 0 unspecified atom stereocenters. The second-order valence-corrected chi connectivity index (χ2v) is 10.1. The van der Waals surface area contributed by atoms with Crippen molar-refractivity contribution in [2.24, 2.45) is 0 Å². The average molecular weight is 393 g/mol. The first-order chi connectivity index (χ1) is 12.6. The van der Waals surface area contributed by atoms with Gasteiger partial charge in [0.2, 0.25) is 0 Å². The molecule has 6 heteroatoms. The van der Waals surface area contributed by atoms with Crippen LogP contribution in [0.3, 0.4) is 0 Å². The summed E-state index contributed by atoms with van der Waals surface area (Å²) in [5, 5.41) is 8.34. The lowest BCUT2D eigenvalue weighted by Gasteiger charge is -2.48. The van der Waals surface area contributed by atoms with Crippen LogP contribution in [-0.4, -0.2) is 58.2 Å². The van der Waals surface area contributed by atoms with E-state index in [-0.39, 0.29) is 11.1 Å². The zero-order valence-electron chi connectivity index (χ0n) is 17.5. The van der Waals surface area contributed by atoms with Gasteiger partial charge in [0.15, 0.2) is 5.11 Å². The Morgan fingerprint density at radius 1 is 1.26 bits per heavy atom. The van der Waals surface area contributed by atoms with Crippen molar-refractivity contribution in [3.05, 3.63) is 24.2 Å². The van der Waals surface area contributed by atoms with Crippen molar-refractivity contribution in [1.82, 2.24) is 20.4 Å². The van der Waals surface area contributed by atoms with Gasteiger partial charge in [-0.3, -0.25) is 0 Å². The number of thiocarbonyl (C=S) groups is 1. The molecular formula is C21H36N4OS. The molecule has 2 fully saturated rings. The predicted octanol–water partition coefficient (Wildman–Crippen LogP) is 3.36. The molecule has 0 amide bonds. The normalized spacial score (nSPS) is 23.9. The Bertz CT molecular complexity index is 604. The third kappa shape index (κ3) is 5.69. The third-order valence-electron chi connectivity index (χ3n) is 5.81. The van der Waals surface area contributed by atoms with Gasteiger partial charge in [-0.2, -0.15) is 0 Å². The lowest BCUT2D eigenvalue weighted by atomic mass is 9.80. The Kier molecular flexibility index (Phi) is 6.18. The molecule has 2 saturated heterocycles. The highest BCUT2D eigenvalue weighted by molar-refractivity contribution is 7.80. The topological polar surface area (TPSA) is 43.7 Å². The monoisotopic (exact) mass is 392 g/mol. The summed E-state index contributed by atoms with van der Waals surface area (Å²) in [6, 6.07) is 4.85. The standard InChI is InChI=1S/C21H36N4OS/c1-20(2)13-16(14-21(3,4)23-20)22-19(27)25(15-18-7-6-12-26-18)17-8-10-24(5)11-9-17/h6-7,12,16-17,23H,8-11,13-15H2,1-5H3,(H,22,27).